The number of benzene rings is 2. The van der Waals surface area contributed by atoms with E-state index in [4.69, 9.17) is 0 Å². The van der Waals surface area contributed by atoms with E-state index >= 15 is 0 Å². The number of rotatable bonds is 2. The maximum Gasteiger partial charge on any atom is 0.277 e. The zero-order valence-corrected chi connectivity index (χ0v) is 17.7. The fourth-order valence-electron chi connectivity index (χ4n) is 3.81. The van der Waals surface area contributed by atoms with Crippen LogP contribution in [0.25, 0.3) is 5.57 Å². The molecule has 5 rings (SSSR count). The average molecular weight is 475 g/mol. The van der Waals surface area contributed by atoms with Gasteiger partial charge in [-0.2, -0.15) is 0 Å². The molecule has 0 aromatic heterocycles. The van der Waals surface area contributed by atoms with Gasteiger partial charge in [0.05, 0.1) is 16.2 Å². The molecule has 0 bridgehead atoms. The first kappa shape index (κ1) is 18.8. The molecular formula is C20H16BrFN4O2S. The van der Waals surface area contributed by atoms with Crippen LogP contribution in [-0.4, -0.2) is 28.9 Å². The first-order chi connectivity index (χ1) is 14.0. The maximum atomic E-state index is 13.2. The smallest absolute Gasteiger partial charge is 0.277 e. The molecule has 2 N–H and O–H groups in total. The number of thioether (sulfide) groups is 1. The Labute approximate surface area is 179 Å². The van der Waals surface area contributed by atoms with Crippen molar-refractivity contribution in [1.29, 1.82) is 0 Å². The Kier molecular flexibility index (Phi) is 4.50. The molecule has 2 aromatic rings. The Bertz CT molecular complexity index is 1070. The molecule has 9 heteroatoms. The number of anilines is 1. The summed E-state index contributed by atoms with van der Waals surface area (Å²) in [7, 11) is 0. The van der Waals surface area contributed by atoms with Gasteiger partial charge in [-0.15, -0.1) is 0 Å². The lowest BCUT2D eigenvalue weighted by molar-refractivity contribution is -0.128. The number of nitrogens with one attached hydrogen (secondary N) is 2. The Morgan fingerprint density at radius 3 is 2.59 bits per heavy atom. The van der Waals surface area contributed by atoms with E-state index in [1.165, 1.54) is 28.9 Å². The van der Waals surface area contributed by atoms with Crippen LogP contribution in [0.3, 0.4) is 0 Å². The van der Waals surface area contributed by atoms with Crippen molar-refractivity contribution in [3.05, 3.63) is 68.8 Å². The number of carbonyl (C=O) groups is 2. The first-order valence-corrected chi connectivity index (χ1v) is 10.8. The topological polar surface area (TPSA) is 64.7 Å². The number of hydrogen-bond donors (Lipinski definition) is 2. The minimum Gasteiger partial charge on any atom is -0.308 e. The van der Waals surface area contributed by atoms with Crippen LogP contribution in [0.15, 0.2) is 51.8 Å². The summed E-state index contributed by atoms with van der Waals surface area (Å²) < 4.78 is 14.0. The lowest BCUT2D eigenvalue weighted by Gasteiger charge is -2.15. The predicted octanol–water partition coefficient (Wildman–Crippen LogP) is 3.33. The molecule has 148 valence electrons. The number of fused-ring (bicyclic) bond motifs is 2. The highest BCUT2D eigenvalue weighted by Crippen LogP contribution is 2.47. The summed E-state index contributed by atoms with van der Waals surface area (Å²) in [5.74, 6) is -0.716. The minimum atomic E-state index is -0.348. The summed E-state index contributed by atoms with van der Waals surface area (Å²) in [5.41, 5.74) is 5.62. The molecule has 3 heterocycles. The van der Waals surface area contributed by atoms with E-state index in [1.807, 2.05) is 25.1 Å². The number of halogens is 2. The van der Waals surface area contributed by atoms with Crippen molar-refractivity contribution in [3.63, 3.8) is 0 Å². The van der Waals surface area contributed by atoms with Crippen LogP contribution in [0.5, 0.6) is 0 Å². The van der Waals surface area contributed by atoms with Gasteiger partial charge in [-0.1, -0.05) is 39.8 Å². The zero-order chi connectivity index (χ0) is 20.3. The van der Waals surface area contributed by atoms with E-state index in [-0.39, 0.29) is 29.3 Å². The van der Waals surface area contributed by atoms with Gasteiger partial charge < -0.3 is 4.90 Å². The summed E-state index contributed by atoms with van der Waals surface area (Å²) in [6.07, 6.45) is -0.309. The lowest BCUT2D eigenvalue weighted by atomic mass is 10.1. The van der Waals surface area contributed by atoms with Gasteiger partial charge in [0.1, 0.15) is 12.0 Å². The molecule has 0 aliphatic carbocycles. The van der Waals surface area contributed by atoms with E-state index in [1.54, 1.807) is 17.0 Å². The van der Waals surface area contributed by atoms with Crippen LogP contribution in [-0.2, 0) is 9.59 Å². The fourth-order valence-corrected chi connectivity index (χ4v) is 5.38. The van der Waals surface area contributed by atoms with E-state index in [0.29, 0.717) is 17.0 Å². The van der Waals surface area contributed by atoms with Gasteiger partial charge in [0.2, 0.25) is 0 Å². The Morgan fingerprint density at radius 1 is 1.14 bits per heavy atom. The van der Waals surface area contributed by atoms with E-state index in [0.717, 1.165) is 21.3 Å². The molecule has 3 aliphatic heterocycles. The zero-order valence-electron chi connectivity index (χ0n) is 15.3. The molecule has 2 fully saturated rings. The van der Waals surface area contributed by atoms with Gasteiger partial charge in [-0.25, -0.2) is 14.8 Å². The second kappa shape index (κ2) is 6.94. The van der Waals surface area contributed by atoms with Crippen LogP contribution in [0.1, 0.15) is 24.2 Å². The van der Waals surface area contributed by atoms with Crippen molar-refractivity contribution < 1.29 is 14.0 Å². The second-order valence-electron chi connectivity index (χ2n) is 6.84. The molecule has 2 unspecified atom stereocenters. The summed E-state index contributed by atoms with van der Waals surface area (Å²) in [5, 5.41) is 4.81. The summed E-state index contributed by atoms with van der Waals surface area (Å²) in [6.45, 7) is 2.44. The number of amides is 2. The summed E-state index contributed by atoms with van der Waals surface area (Å²) >= 11 is 4.78. The van der Waals surface area contributed by atoms with Crippen molar-refractivity contribution in [2.75, 3.05) is 11.4 Å². The summed E-state index contributed by atoms with van der Waals surface area (Å²) in [6, 6.07) is 11.8. The first-order valence-electron chi connectivity index (χ1n) is 9.12. The SMILES string of the molecule is CCN1C(=O)/C(=C2/SC3NC(c4ccc(F)cc4)NN3C2=O)c2cc(Br)ccc21. The molecule has 0 spiro atoms. The molecule has 3 aliphatic rings. The normalized spacial score (nSPS) is 25.8. The van der Waals surface area contributed by atoms with Crippen molar-refractivity contribution in [2.45, 2.75) is 18.6 Å². The summed E-state index contributed by atoms with van der Waals surface area (Å²) in [4.78, 5) is 28.3. The van der Waals surface area contributed by atoms with Gasteiger partial charge in [-0.3, -0.25) is 14.9 Å². The number of nitrogens with zero attached hydrogens (tertiary/aromatic N) is 2. The van der Waals surface area contributed by atoms with Crippen molar-refractivity contribution >= 4 is 50.8 Å². The van der Waals surface area contributed by atoms with Gasteiger partial charge in [0.15, 0.2) is 5.50 Å². The molecule has 29 heavy (non-hydrogen) atoms. The van der Waals surface area contributed by atoms with Crippen LogP contribution in [0.4, 0.5) is 10.1 Å². The Hall–Kier alpha value is -2.20. The number of hydrazine groups is 1. The highest BCUT2D eigenvalue weighted by atomic mass is 79.9. The van der Waals surface area contributed by atoms with Crippen molar-refractivity contribution in [1.82, 2.24) is 15.8 Å². The molecule has 2 amide bonds. The molecule has 2 saturated heterocycles. The van der Waals surface area contributed by atoms with Gasteiger partial charge in [0, 0.05) is 16.6 Å². The van der Waals surface area contributed by atoms with Crippen molar-refractivity contribution in [2.24, 2.45) is 0 Å². The average Bonchev–Trinajstić information content (AvgIpc) is 3.33. The third kappa shape index (κ3) is 2.92. The van der Waals surface area contributed by atoms with Crippen molar-refractivity contribution in [3.8, 4) is 0 Å². The Balaban J connectivity index is 1.49. The number of carbonyl (C=O) groups excluding carboxylic acids is 2. The van der Waals surface area contributed by atoms with E-state index in [9.17, 15) is 14.0 Å². The highest BCUT2D eigenvalue weighted by Gasteiger charge is 2.47. The quantitative estimate of drug-likeness (QED) is 0.653. The molecule has 6 nitrogen and oxygen atoms in total. The molecular weight excluding hydrogens is 459 g/mol. The predicted molar refractivity (Wildman–Crippen MR) is 113 cm³/mol. The lowest BCUT2D eigenvalue weighted by Crippen LogP contribution is -2.37. The second-order valence-corrected chi connectivity index (χ2v) is 8.85. The molecule has 2 aromatic carbocycles. The third-order valence-electron chi connectivity index (χ3n) is 5.18. The van der Waals surface area contributed by atoms with E-state index < -0.39 is 0 Å². The van der Waals surface area contributed by atoms with Crippen LogP contribution in [0, 0.1) is 5.82 Å². The molecule has 0 radical (unpaired) electrons. The van der Waals surface area contributed by atoms with Crippen LogP contribution >= 0.6 is 27.7 Å². The van der Waals surface area contributed by atoms with Gasteiger partial charge in [-0.05, 0) is 42.8 Å². The fraction of sp³-hybridized carbons (Fsp3) is 0.200. The number of likely N-dealkylation sites (N-methyl/N-ethyl adjacent to an activating group) is 1. The molecule has 2 atom stereocenters. The standard InChI is InChI=1S/C20H16BrFN4O2S/c1-2-25-14-8-5-11(21)9-13(14)15(18(25)27)16-19(28)26-20(29-16)23-17(24-26)10-3-6-12(22)7-4-10/h3-9,17,20,23-24H,2H2,1H3/b16-15+. The number of hydrogen-bond acceptors (Lipinski definition) is 5. The monoisotopic (exact) mass is 474 g/mol. The Morgan fingerprint density at radius 2 is 1.90 bits per heavy atom. The van der Waals surface area contributed by atoms with E-state index in [2.05, 4.69) is 26.7 Å². The maximum absolute atomic E-state index is 13.2. The molecule has 0 saturated carbocycles. The van der Waals surface area contributed by atoms with Crippen LogP contribution in [0.2, 0.25) is 0 Å². The minimum absolute atomic E-state index is 0.160. The van der Waals surface area contributed by atoms with Gasteiger partial charge >= 0.3 is 0 Å². The van der Waals surface area contributed by atoms with Gasteiger partial charge in [0.25, 0.3) is 11.8 Å². The third-order valence-corrected chi connectivity index (χ3v) is 6.86. The largest absolute Gasteiger partial charge is 0.308 e. The highest BCUT2D eigenvalue weighted by molar-refractivity contribution is 9.10. The van der Waals surface area contributed by atoms with Crippen LogP contribution < -0.4 is 15.6 Å².